The smallest absolute Gasteiger partial charge is 0.269 e. The SMILES string of the molecule is O=C1Nc2ccccc2C1(O)CC(O)c1ccc([N+](=O)[O-])cc1. The normalized spacial score (nSPS) is 20.7. The number of hydrogen-bond donors (Lipinski definition) is 3. The first kappa shape index (κ1) is 15.1. The van der Waals surface area contributed by atoms with Gasteiger partial charge < -0.3 is 15.5 Å². The predicted octanol–water partition coefficient (Wildman–Crippen LogP) is 1.86. The third-order valence-electron chi connectivity index (χ3n) is 3.97. The highest BCUT2D eigenvalue weighted by Gasteiger charge is 2.46. The van der Waals surface area contributed by atoms with E-state index < -0.39 is 22.5 Å². The Morgan fingerprint density at radius 3 is 2.48 bits per heavy atom. The van der Waals surface area contributed by atoms with Crippen molar-refractivity contribution in [3.63, 3.8) is 0 Å². The van der Waals surface area contributed by atoms with Crippen LogP contribution in [0.3, 0.4) is 0 Å². The third kappa shape index (κ3) is 2.56. The highest BCUT2D eigenvalue weighted by atomic mass is 16.6. The number of nitro groups is 1. The minimum atomic E-state index is -1.84. The molecule has 23 heavy (non-hydrogen) atoms. The molecule has 118 valence electrons. The maximum Gasteiger partial charge on any atom is 0.269 e. The molecular formula is C16H14N2O5. The molecule has 2 unspecified atom stereocenters. The molecule has 0 aliphatic carbocycles. The van der Waals surface area contributed by atoms with Crippen molar-refractivity contribution in [3.05, 3.63) is 69.8 Å². The largest absolute Gasteiger partial charge is 0.388 e. The summed E-state index contributed by atoms with van der Waals surface area (Å²) in [6, 6.07) is 12.1. The Morgan fingerprint density at radius 1 is 1.17 bits per heavy atom. The van der Waals surface area contributed by atoms with Gasteiger partial charge in [-0.2, -0.15) is 0 Å². The van der Waals surface area contributed by atoms with Gasteiger partial charge in [-0.15, -0.1) is 0 Å². The van der Waals surface area contributed by atoms with Crippen LogP contribution in [0.5, 0.6) is 0 Å². The van der Waals surface area contributed by atoms with Crippen LogP contribution in [0.1, 0.15) is 23.7 Å². The number of nitrogens with one attached hydrogen (secondary N) is 1. The summed E-state index contributed by atoms with van der Waals surface area (Å²) in [5, 5.41) is 34.2. The number of fused-ring (bicyclic) bond motifs is 1. The Labute approximate surface area is 131 Å². The Bertz CT molecular complexity index is 774. The average molecular weight is 314 g/mol. The monoisotopic (exact) mass is 314 g/mol. The number of para-hydroxylation sites is 1. The van der Waals surface area contributed by atoms with Crippen LogP contribution in [0.15, 0.2) is 48.5 Å². The van der Waals surface area contributed by atoms with E-state index in [0.29, 0.717) is 16.8 Å². The molecule has 0 bridgehead atoms. The van der Waals surface area contributed by atoms with Crippen molar-refractivity contribution in [1.82, 2.24) is 0 Å². The van der Waals surface area contributed by atoms with E-state index in [1.165, 1.54) is 24.3 Å². The Balaban J connectivity index is 1.86. The highest BCUT2D eigenvalue weighted by Crippen LogP contribution is 2.41. The summed E-state index contributed by atoms with van der Waals surface area (Å²) in [4.78, 5) is 22.2. The van der Waals surface area contributed by atoms with Gasteiger partial charge in [-0.3, -0.25) is 14.9 Å². The van der Waals surface area contributed by atoms with Crippen molar-refractivity contribution in [2.75, 3.05) is 5.32 Å². The standard InChI is InChI=1S/C16H14N2O5/c19-14(10-5-7-11(8-6-10)18(22)23)9-16(21)12-3-1-2-4-13(12)17-15(16)20/h1-8,14,19,21H,9H2,(H,17,20). The molecule has 0 fully saturated rings. The minimum absolute atomic E-state index is 0.0939. The van der Waals surface area contributed by atoms with Gasteiger partial charge >= 0.3 is 0 Å². The van der Waals surface area contributed by atoms with Crippen molar-refractivity contribution in [2.45, 2.75) is 18.1 Å². The van der Waals surface area contributed by atoms with E-state index >= 15 is 0 Å². The van der Waals surface area contributed by atoms with Gasteiger partial charge in [0, 0.05) is 29.8 Å². The Hall–Kier alpha value is -2.77. The van der Waals surface area contributed by atoms with E-state index in [4.69, 9.17) is 0 Å². The number of aliphatic hydroxyl groups excluding tert-OH is 1. The summed E-state index contributed by atoms with van der Waals surface area (Å²) in [5.41, 5.74) is -0.621. The van der Waals surface area contributed by atoms with Crippen LogP contribution in [0.2, 0.25) is 0 Å². The van der Waals surface area contributed by atoms with Crippen molar-refractivity contribution in [1.29, 1.82) is 0 Å². The van der Waals surface area contributed by atoms with Gasteiger partial charge in [-0.1, -0.05) is 18.2 Å². The number of nitrogens with zero attached hydrogens (tertiary/aromatic N) is 1. The molecule has 1 amide bonds. The van der Waals surface area contributed by atoms with E-state index in [1.807, 2.05) is 0 Å². The molecule has 3 N–H and O–H groups in total. The number of amides is 1. The zero-order valence-corrected chi connectivity index (χ0v) is 12.0. The molecule has 1 aliphatic rings. The molecule has 0 saturated heterocycles. The number of non-ortho nitro benzene ring substituents is 1. The summed E-state index contributed by atoms with van der Waals surface area (Å²) >= 11 is 0. The second-order valence-corrected chi connectivity index (χ2v) is 5.43. The second-order valence-electron chi connectivity index (χ2n) is 5.43. The van der Waals surface area contributed by atoms with E-state index in [-0.39, 0.29) is 12.1 Å². The van der Waals surface area contributed by atoms with Gasteiger partial charge in [0.25, 0.3) is 11.6 Å². The van der Waals surface area contributed by atoms with Crippen LogP contribution >= 0.6 is 0 Å². The van der Waals surface area contributed by atoms with Crippen molar-refractivity contribution >= 4 is 17.3 Å². The fourth-order valence-electron chi connectivity index (χ4n) is 2.72. The molecule has 0 aromatic heterocycles. The topological polar surface area (TPSA) is 113 Å². The van der Waals surface area contributed by atoms with Gasteiger partial charge in [0.15, 0.2) is 5.60 Å². The summed E-state index contributed by atoms with van der Waals surface area (Å²) in [5.74, 6) is -0.598. The molecule has 0 spiro atoms. The molecule has 3 rings (SSSR count). The number of carbonyl (C=O) groups is 1. The van der Waals surface area contributed by atoms with Gasteiger partial charge in [0.1, 0.15) is 0 Å². The van der Waals surface area contributed by atoms with Crippen LogP contribution in [0.4, 0.5) is 11.4 Å². The van der Waals surface area contributed by atoms with Crippen LogP contribution in [0.25, 0.3) is 0 Å². The minimum Gasteiger partial charge on any atom is -0.388 e. The molecule has 7 nitrogen and oxygen atoms in total. The molecule has 0 saturated carbocycles. The maximum atomic E-state index is 12.1. The molecule has 2 aromatic carbocycles. The second kappa shape index (κ2) is 5.45. The first-order chi connectivity index (χ1) is 10.9. The lowest BCUT2D eigenvalue weighted by atomic mass is 9.87. The Morgan fingerprint density at radius 2 is 1.83 bits per heavy atom. The number of carbonyl (C=O) groups excluding carboxylic acids is 1. The molecule has 7 heteroatoms. The molecule has 2 atom stereocenters. The molecule has 1 heterocycles. The van der Waals surface area contributed by atoms with E-state index in [0.717, 1.165) is 0 Å². The first-order valence-electron chi connectivity index (χ1n) is 6.97. The summed E-state index contributed by atoms with van der Waals surface area (Å²) in [6.07, 6.45) is -1.38. The zero-order valence-electron chi connectivity index (χ0n) is 12.0. The average Bonchev–Trinajstić information content (AvgIpc) is 2.79. The fourth-order valence-corrected chi connectivity index (χ4v) is 2.72. The number of hydrogen-bond acceptors (Lipinski definition) is 5. The van der Waals surface area contributed by atoms with Crippen LogP contribution in [-0.2, 0) is 10.4 Å². The number of aliphatic hydroxyl groups is 2. The third-order valence-corrected chi connectivity index (χ3v) is 3.97. The molecule has 0 radical (unpaired) electrons. The first-order valence-corrected chi connectivity index (χ1v) is 6.97. The van der Waals surface area contributed by atoms with Crippen LogP contribution < -0.4 is 5.32 Å². The molecule has 2 aromatic rings. The summed E-state index contributed by atoms with van der Waals surface area (Å²) < 4.78 is 0. The van der Waals surface area contributed by atoms with Gasteiger partial charge in [-0.25, -0.2) is 0 Å². The quantitative estimate of drug-likeness (QED) is 0.589. The molecular weight excluding hydrogens is 300 g/mol. The van der Waals surface area contributed by atoms with Crippen LogP contribution in [-0.4, -0.2) is 21.0 Å². The van der Waals surface area contributed by atoms with Gasteiger partial charge in [0.2, 0.25) is 0 Å². The zero-order chi connectivity index (χ0) is 16.6. The number of anilines is 1. The number of nitro benzene ring substituents is 1. The van der Waals surface area contributed by atoms with Crippen molar-refractivity contribution in [3.8, 4) is 0 Å². The number of benzene rings is 2. The fraction of sp³-hybridized carbons (Fsp3) is 0.188. The lowest BCUT2D eigenvalue weighted by Crippen LogP contribution is -2.35. The summed E-state index contributed by atoms with van der Waals surface area (Å²) in [6.45, 7) is 0. The van der Waals surface area contributed by atoms with E-state index in [2.05, 4.69) is 5.32 Å². The van der Waals surface area contributed by atoms with Gasteiger partial charge in [0.05, 0.1) is 11.0 Å². The molecule has 1 aliphatic heterocycles. The highest BCUT2D eigenvalue weighted by molar-refractivity contribution is 6.04. The van der Waals surface area contributed by atoms with Crippen molar-refractivity contribution < 1.29 is 19.9 Å². The maximum absolute atomic E-state index is 12.1. The van der Waals surface area contributed by atoms with E-state index in [9.17, 15) is 25.1 Å². The van der Waals surface area contributed by atoms with E-state index in [1.54, 1.807) is 24.3 Å². The van der Waals surface area contributed by atoms with Crippen molar-refractivity contribution in [2.24, 2.45) is 0 Å². The van der Waals surface area contributed by atoms with Gasteiger partial charge in [-0.05, 0) is 23.8 Å². The summed E-state index contributed by atoms with van der Waals surface area (Å²) in [7, 11) is 0. The lowest BCUT2D eigenvalue weighted by Gasteiger charge is -2.24. The lowest BCUT2D eigenvalue weighted by molar-refractivity contribution is -0.384. The number of rotatable bonds is 4. The predicted molar refractivity (Wildman–Crippen MR) is 81.6 cm³/mol. The van der Waals surface area contributed by atoms with Crippen LogP contribution in [0, 0.1) is 10.1 Å². The Kier molecular flexibility index (Phi) is 3.59.